The first kappa shape index (κ1) is 10.6. The van der Waals surface area contributed by atoms with Crippen LogP contribution < -0.4 is 5.73 Å². The molecule has 0 aliphatic carbocycles. The largest absolute Gasteiger partial charge is 0.508 e. The fraction of sp³-hybridized carbons (Fsp3) is 0.273. The van der Waals surface area contributed by atoms with Gasteiger partial charge in [0, 0.05) is 17.7 Å². The molecule has 0 saturated carbocycles. The van der Waals surface area contributed by atoms with Crippen molar-refractivity contribution in [1.82, 2.24) is 0 Å². The summed E-state index contributed by atoms with van der Waals surface area (Å²) in [5, 5.41) is 18.6. The van der Waals surface area contributed by atoms with E-state index in [1.807, 2.05) is 6.92 Å². The number of benzene rings is 1. The molecule has 0 spiro atoms. The van der Waals surface area contributed by atoms with Crippen LogP contribution in [-0.2, 0) is 0 Å². The van der Waals surface area contributed by atoms with Gasteiger partial charge >= 0.3 is 0 Å². The van der Waals surface area contributed by atoms with Crippen molar-refractivity contribution in [1.29, 1.82) is 0 Å². The van der Waals surface area contributed by atoms with Crippen LogP contribution in [0, 0.1) is 0 Å². The zero-order chi connectivity index (χ0) is 10.7. The molecule has 0 aliphatic rings. The van der Waals surface area contributed by atoms with Crippen LogP contribution >= 0.6 is 0 Å². The van der Waals surface area contributed by atoms with Crippen LogP contribution in [0.4, 0.5) is 0 Å². The lowest BCUT2D eigenvalue weighted by Crippen LogP contribution is -2.10. The molecule has 3 heteroatoms. The Balaban J connectivity index is 2.90. The van der Waals surface area contributed by atoms with Gasteiger partial charge in [0.05, 0.1) is 0 Å². The molecule has 1 rings (SSSR count). The molecule has 0 heterocycles. The second kappa shape index (κ2) is 4.15. The molecule has 0 unspecified atom stereocenters. The van der Waals surface area contributed by atoms with E-state index >= 15 is 0 Å². The van der Waals surface area contributed by atoms with Crippen LogP contribution in [-0.4, -0.2) is 10.2 Å². The Hall–Kier alpha value is -1.48. The van der Waals surface area contributed by atoms with Gasteiger partial charge in [-0.05, 0) is 19.4 Å². The third kappa shape index (κ3) is 2.50. The second-order valence-corrected chi connectivity index (χ2v) is 3.51. The highest BCUT2D eigenvalue weighted by Crippen LogP contribution is 2.29. The average Bonchev–Trinajstić information content (AvgIpc) is 2.01. The van der Waals surface area contributed by atoms with Crippen LogP contribution in [0.5, 0.6) is 11.5 Å². The highest BCUT2D eigenvalue weighted by molar-refractivity contribution is 5.41. The van der Waals surface area contributed by atoms with E-state index < -0.39 is 0 Å². The third-order valence-corrected chi connectivity index (χ3v) is 1.98. The summed E-state index contributed by atoms with van der Waals surface area (Å²) in [6.07, 6.45) is 0.623. The molecule has 1 aromatic carbocycles. The quantitative estimate of drug-likeness (QED) is 0.644. The summed E-state index contributed by atoms with van der Waals surface area (Å²) in [6, 6.07) is 4.15. The van der Waals surface area contributed by atoms with Crippen molar-refractivity contribution >= 4 is 0 Å². The van der Waals surface area contributed by atoms with E-state index in [4.69, 9.17) is 10.8 Å². The lowest BCUT2D eigenvalue weighted by Gasteiger charge is -2.13. The number of aromatic hydroxyl groups is 2. The minimum Gasteiger partial charge on any atom is -0.508 e. The molecule has 76 valence electrons. The van der Waals surface area contributed by atoms with E-state index in [0.29, 0.717) is 12.0 Å². The van der Waals surface area contributed by atoms with E-state index in [9.17, 15) is 5.11 Å². The molecule has 1 atom stereocenters. The summed E-state index contributed by atoms with van der Waals surface area (Å²) in [4.78, 5) is 0. The maximum absolute atomic E-state index is 9.50. The molecule has 0 amide bonds. The summed E-state index contributed by atoms with van der Waals surface area (Å²) in [5.41, 5.74) is 7.44. The molecule has 0 fully saturated rings. The van der Waals surface area contributed by atoms with Crippen molar-refractivity contribution in [2.75, 3.05) is 0 Å². The zero-order valence-corrected chi connectivity index (χ0v) is 8.20. The number of phenols is 2. The first-order valence-electron chi connectivity index (χ1n) is 4.42. The van der Waals surface area contributed by atoms with Crippen LogP contribution in [0.2, 0.25) is 0 Å². The van der Waals surface area contributed by atoms with Gasteiger partial charge in [-0.25, -0.2) is 0 Å². The molecule has 1 aromatic rings. The summed E-state index contributed by atoms with van der Waals surface area (Å²) < 4.78 is 0. The van der Waals surface area contributed by atoms with Crippen molar-refractivity contribution < 1.29 is 10.2 Å². The Kier molecular flexibility index (Phi) is 3.14. The summed E-state index contributed by atoms with van der Waals surface area (Å²) in [6.45, 7) is 5.64. The van der Waals surface area contributed by atoms with Gasteiger partial charge < -0.3 is 15.9 Å². The lowest BCUT2D eigenvalue weighted by atomic mass is 10.0. The average molecular weight is 193 g/mol. The van der Waals surface area contributed by atoms with E-state index in [0.717, 1.165) is 5.57 Å². The van der Waals surface area contributed by atoms with Gasteiger partial charge in [-0.3, -0.25) is 0 Å². The lowest BCUT2D eigenvalue weighted by molar-refractivity contribution is 0.441. The molecule has 0 bridgehead atoms. The van der Waals surface area contributed by atoms with Gasteiger partial charge in [-0.15, -0.1) is 6.58 Å². The Morgan fingerprint density at radius 1 is 1.50 bits per heavy atom. The standard InChI is InChI=1S/C11H15NO2/c1-7(2)5-10(12)9-4-3-8(13)6-11(9)14/h3-4,6,10,13-14H,1,5,12H2,2H3/t10-/m0/s1. The molecular weight excluding hydrogens is 178 g/mol. The number of hydrogen-bond donors (Lipinski definition) is 3. The van der Waals surface area contributed by atoms with Crippen molar-refractivity contribution in [3.8, 4) is 11.5 Å². The van der Waals surface area contributed by atoms with Crippen LogP contribution in [0.15, 0.2) is 30.4 Å². The van der Waals surface area contributed by atoms with Crippen molar-refractivity contribution in [2.45, 2.75) is 19.4 Å². The van der Waals surface area contributed by atoms with Crippen molar-refractivity contribution in [3.63, 3.8) is 0 Å². The number of nitrogens with two attached hydrogens (primary N) is 1. The normalized spacial score (nSPS) is 12.4. The Morgan fingerprint density at radius 2 is 2.14 bits per heavy atom. The van der Waals surface area contributed by atoms with E-state index in [1.165, 1.54) is 12.1 Å². The molecule has 14 heavy (non-hydrogen) atoms. The number of hydrogen-bond acceptors (Lipinski definition) is 3. The number of phenolic OH excluding ortho intramolecular Hbond substituents is 2. The summed E-state index contributed by atoms with van der Waals surface area (Å²) in [5.74, 6) is 0.0625. The van der Waals surface area contributed by atoms with Crippen LogP contribution in [0.1, 0.15) is 24.9 Å². The smallest absolute Gasteiger partial charge is 0.124 e. The topological polar surface area (TPSA) is 66.5 Å². The predicted octanol–water partition coefficient (Wildman–Crippen LogP) is 2.06. The molecule has 0 aliphatic heterocycles. The Morgan fingerprint density at radius 3 is 2.64 bits per heavy atom. The van der Waals surface area contributed by atoms with Gasteiger partial charge in [0.15, 0.2) is 0 Å². The second-order valence-electron chi connectivity index (χ2n) is 3.51. The molecule has 0 aromatic heterocycles. The van der Waals surface area contributed by atoms with Gasteiger partial charge in [-0.2, -0.15) is 0 Å². The SMILES string of the molecule is C=C(C)C[C@H](N)c1ccc(O)cc1O. The van der Waals surface area contributed by atoms with Crippen LogP contribution in [0.25, 0.3) is 0 Å². The van der Waals surface area contributed by atoms with E-state index in [-0.39, 0.29) is 17.5 Å². The molecular formula is C11H15NO2. The van der Waals surface area contributed by atoms with Gasteiger partial charge in [0.2, 0.25) is 0 Å². The fourth-order valence-electron chi connectivity index (χ4n) is 1.33. The first-order chi connectivity index (χ1) is 6.50. The minimum atomic E-state index is -0.270. The van der Waals surface area contributed by atoms with Gasteiger partial charge in [0.1, 0.15) is 11.5 Å². The first-order valence-corrected chi connectivity index (χ1v) is 4.42. The molecule has 4 N–H and O–H groups in total. The predicted molar refractivity (Wildman–Crippen MR) is 56.1 cm³/mol. The summed E-state index contributed by atoms with van der Waals surface area (Å²) >= 11 is 0. The summed E-state index contributed by atoms with van der Waals surface area (Å²) in [7, 11) is 0. The van der Waals surface area contributed by atoms with Crippen molar-refractivity contribution in [3.05, 3.63) is 35.9 Å². The fourth-order valence-corrected chi connectivity index (χ4v) is 1.33. The van der Waals surface area contributed by atoms with E-state index in [2.05, 4.69) is 6.58 Å². The molecule has 0 radical (unpaired) electrons. The van der Waals surface area contributed by atoms with Gasteiger partial charge in [0.25, 0.3) is 0 Å². The van der Waals surface area contributed by atoms with Gasteiger partial charge in [-0.1, -0.05) is 11.6 Å². The van der Waals surface area contributed by atoms with Crippen LogP contribution in [0.3, 0.4) is 0 Å². The number of rotatable bonds is 3. The minimum absolute atomic E-state index is 0.0266. The zero-order valence-electron chi connectivity index (χ0n) is 8.20. The Labute approximate surface area is 83.5 Å². The van der Waals surface area contributed by atoms with Crippen molar-refractivity contribution in [2.24, 2.45) is 5.73 Å². The third-order valence-electron chi connectivity index (χ3n) is 1.98. The monoisotopic (exact) mass is 193 g/mol. The maximum atomic E-state index is 9.50. The molecule has 3 nitrogen and oxygen atoms in total. The highest BCUT2D eigenvalue weighted by Gasteiger charge is 2.11. The highest BCUT2D eigenvalue weighted by atomic mass is 16.3. The molecule has 0 saturated heterocycles. The van der Waals surface area contributed by atoms with E-state index in [1.54, 1.807) is 6.07 Å². The Bertz CT molecular complexity index is 347. The maximum Gasteiger partial charge on any atom is 0.124 e.